The van der Waals surface area contributed by atoms with Crippen molar-refractivity contribution in [3.8, 4) is 17.2 Å². The Hall–Kier alpha value is -2.93. The van der Waals surface area contributed by atoms with Crippen molar-refractivity contribution in [2.24, 2.45) is 5.10 Å². The summed E-state index contributed by atoms with van der Waals surface area (Å²) in [4.78, 5) is 12.5. The Morgan fingerprint density at radius 3 is 2.32 bits per heavy atom. The van der Waals surface area contributed by atoms with Gasteiger partial charge in [-0.25, -0.2) is 5.43 Å². The van der Waals surface area contributed by atoms with E-state index in [1.54, 1.807) is 42.5 Å². The third-order valence-corrected chi connectivity index (χ3v) is 5.40. The van der Waals surface area contributed by atoms with Crippen molar-refractivity contribution in [2.75, 3.05) is 13.7 Å². The van der Waals surface area contributed by atoms with Crippen LogP contribution in [-0.4, -0.2) is 25.8 Å². The van der Waals surface area contributed by atoms with Gasteiger partial charge >= 0.3 is 0 Å². The first-order valence-electron chi connectivity index (χ1n) is 10.4. The number of ether oxygens (including phenoxy) is 3. The predicted molar refractivity (Wildman–Crippen MR) is 136 cm³/mol. The van der Waals surface area contributed by atoms with E-state index in [1.165, 1.54) is 13.3 Å². The minimum atomic E-state index is -0.406. The van der Waals surface area contributed by atoms with Crippen LogP contribution in [0.4, 0.5) is 0 Å². The van der Waals surface area contributed by atoms with Crippen molar-refractivity contribution in [2.45, 2.75) is 20.0 Å². The number of rotatable bonds is 10. The molecule has 1 amide bonds. The predicted octanol–water partition coefficient (Wildman–Crippen LogP) is 6.79. The lowest BCUT2D eigenvalue weighted by molar-refractivity contribution is 0.0954. The van der Waals surface area contributed by atoms with Gasteiger partial charge in [-0.15, -0.1) is 0 Å². The first-order chi connectivity index (χ1) is 16.4. The number of carbonyl (C=O) groups excluding carboxylic acids is 1. The highest BCUT2D eigenvalue weighted by Gasteiger charge is 2.12. The highest BCUT2D eigenvalue weighted by molar-refractivity contribution is 6.37. The van der Waals surface area contributed by atoms with E-state index < -0.39 is 5.91 Å². The minimum Gasteiger partial charge on any atom is -0.493 e. The molecule has 0 aromatic heterocycles. The Labute approximate surface area is 213 Å². The molecule has 0 aliphatic carbocycles. The Morgan fingerprint density at radius 1 is 0.971 bits per heavy atom. The van der Waals surface area contributed by atoms with E-state index in [-0.39, 0.29) is 6.61 Å². The molecule has 1 N–H and O–H groups in total. The molecule has 0 fully saturated rings. The summed E-state index contributed by atoms with van der Waals surface area (Å²) in [5.74, 6) is 0.999. The van der Waals surface area contributed by atoms with Crippen LogP contribution in [0.3, 0.4) is 0 Å². The summed E-state index contributed by atoms with van der Waals surface area (Å²) >= 11 is 18.6. The summed E-state index contributed by atoms with van der Waals surface area (Å²) in [5, 5.41) is 5.28. The van der Waals surface area contributed by atoms with Crippen LogP contribution in [0.2, 0.25) is 15.1 Å². The van der Waals surface area contributed by atoms with Crippen LogP contribution < -0.4 is 19.6 Å². The molecule has 0 saturated heterocycles. The Bertz CT molecular complexity index is 1140. The number of hydrazone groups is 1. The van der Waals surface area contributed by atoms with Crippen molar-refractivity contribution < 1.29 is 19.0 Å². The average molecular weight is 522 g/mol. The summed E-state index contributed by atoms with van der Waals surface area (Å²) in [6.45, 7) is 2.85. The zero-order valence-corrected chi connectivity index (χ0v) is 20.9. The number of nitrogens with one attached hydrogen (secondary N) is 1. The Morgan fingerprint density at radius 2 is 1.68 bits per heavy atom. The molecule has 0 saturated carbocycles. The molecule has 0 radical (unpaired) electrons. The van der Waals surface area contributed by atoms with Crippen molar-refractivity contribution in [1.82, 2.24) is 5.43 Å². The van der Waals surface area contributed by atoms with E-state index in [0.29, 0.717) is 50.1 Å². The molecule has 3 aromatic rings. The monoisotopic (exact) mass is 520 g/mol. The number of hydrogen-bond acceptors (Lipinski definition) is 5. The number of methoxy groups -OCH3 is 1. The molecule has 0 aliphatic heterocycles. The average Bonchev–Trinajstić information content (AvgIpc) is 2.83. The second-order valence-electron chi connectivity index (χ2n) is 7.14. The van der Waals surface area contributed by atoms with Gasteiger partial charge in [0.25, 0.3) is 5.91 Å². The molecule has 34 heavy (non-hydrogen) atoms. The summed E-state index contributed by atoms with van der Waals surface area (Å²) in [6.07, 6.45) is 2.30. The van der Waals surface area contributed by atoms with E-state index in [4.69, 9.17) is 49.0 Å². The fourth-order valence-corrected chi connectivity index (χ4v) is 3.64. The van der Waals surface area contributed by atoms with Gasteiger partial charge in [0.2, 0.25) is 0 Å². The van der Waals surface area contributed by atoms with E-state index in [9.17, 15) is 4.79 Å². The van der Waals surface area contributed by atoms with Gasteiger partial charge in [-0.1, -0.05) is 53.9 Å². The van der Waals surface area contributed by atoms with Crippen molar-refractivity contribution >= 4 is 46.9 Å². The van der Waals surface area contributed by atoms with Gasteiger partial charge in [-0.05, 0) is 60.0 Å². The number of benzene rings is 3. The SMILES string of the molecule is CCCOc1ccc(C(=O)N/N=C/c2cc(Cl)c(OCc3ccc(Cl)cc3)c(Cl)c2)cc1OC. The van der Waals surface area contributed by atoms with Crippen LogP contribution in [0.5, 0.6) is 17.2 Å². The molecule has 0 bridgehead atoms. The molecule has 0 unspecified atom stereocenters. The molecule has 9 heteroatoms. The maximum Gasteiger partial charge on any atom is 0.271 e. The summed E-state index contributed by atoms with van der Waals surface area (Å²) in [5.41, 5.74) is 4.36. The standard InChI is InChI=1S/C25H23Cl3N2O4/c1-3-10-33-22-9-6-18(13-23(22)32-2)25(31)30-29-14-17-11-20(27)24(21(28)12-17)34-15-16-4-7-19(26)8-5-16/h4-9,11-14H,3,10,15H2,1-2H3,(H,30,31)/b29-14+. The van der Waals surface area contributed by atoms with E-state index in [2.05, 4.69) is 10.5 Å². The van der Waals surface area contributed by atoms with E-state index in [0.717, 1.165) is 12.0 Å². The lowest BCUT2D eigenvalue weighted by Gasteiger charge is -2.11. The second kappa shape index (κ2) is 12.5. The largest absolute Gasteiger partial charge is 0.493 e. The number of nitrogens with zero attached hydrogens (tertiary/aromatic N) is 1. The third kappa shape index (κ3) is 7.03. The molecule has 3 rings (SSSR count). The van der Waals surface area contributed by atoms with Crippen LogP contribution in [0.25, 0.3) is 0 Å². The Kier molecular flexibility index (Phi) is 9.45. The number of carbonyl (C=O) groups is 1. The smallest absolute Gasteiger partial charge is 0.271 e. The molecule has 0 spiro atoms. The van der Waals surface area contributed by atoms with Crippen LogP contribution in [0.15, 0.2) is 59.7 Å². The molecule has 178 valence electrons. The maximum atomic E-state index is 12.5. The van der Waals surface area contributed by atoms with Crippen LogP contribution >= 0.6 is 34.8 Å². The number of amides is 1. The van der Waals surface area contributed by atoms with Gasteiger partial charge in [0.15, 0.2) is 17.2 Å². The van der Waals surface area contributed by atoms with Crippen molar-refractivity contribution in [3.05, 3.63) is 86.4 Å². The Balaban J connectivity index is 1.63. The van der Waals surface area contributed by atoms with Gasteiger partial charge in [-0.2, -0.15) is 5.10 Å². The highest BCUT2D eigenvalue weighted by Crippen LogP contribution is 2.34. The zero-order valence-electron chi connectivity index (χ0n) is 18.6. The fraction of sp³-hybridized carbons (Fsp3) is 0.200. The molecular formula is C25H23Cl3N2O4. The summed E-state index contributed by atoms with van der Waals surface area (Å²) < 4.78 is 16.7. The molecule has 6 nitrogen and oxygen atoms in total. The fourth-order valence-electron chi connectivity index (χ4n) is 2.90. The normalized spacial score (nSPS) is 10.9. The van der Waals surface area contributed by atoms with Gasteiger partial charge in [0.1, 0.15) is 6.61 Å². The van der Waals surface area contributed by atoms with Crippen molar-refractivity contribution in [1.29, 1.82) is 0 Å². The van der Waals surface area contributed by atoms with Crippen LogP contribution in [0.1, 0.15) is 34.8 Å². The molecule has 0 aliphatic rings. The minimum absolute atomic E-state index is 0.284. The molecule has 3 aromatic carbocycles. The summed E-state index contributed by atoms with van der Waals surface area (Å²) in [6, 6.07) is 15.5. The highest BCUT2D eigenvalue weighted by atomic mass is 35.5. The first-order valence-corrected chi connectivity index (χ1v) is 11.5. The van der Waals surface area contributed by atoms with Crippen LogP contribution in [0, 0.1) is 0 Å². The van der Waals surface area contributed by atoms with E-state index in [1.807, 2.05) is 19.1 Å². The lowest BCUT2D eigenvalue weighted by atomic mass is 10.2. The first kappa shape index (κ1) is 25.7. The lowest BCUT2D eigenvalue weighted by Crippen LogP contribution is -2.17. The maximum absolute atomic E-state index is 12.5. The van der Waals surface area contributed by atoms with Crippen LogP contribution in [-0.2, 0) is 6.61 Å². The number of halogens is 3. The molecular weight excluding hydrogens is 499 g/mol. The van der Waals surface area contributed by atoms with Gasteiger partial charge in [-0.3, -0.25) is 4.79 Å². The molecule has 0 atom stereocenters. The second-order valence-corrected chi connectivity index (χ2v) is 8.39. The van der Waals surface area contributed by atoms with Crippen molar-refractivity contribution in [3.63, 3.8) is 0 Å². The summed E-state index contributed by atoms with van der Waals surface area (Å²) in [7, 11) is 1.52. The quantitative estimate of drug-likeness (QED) is 0.236. The van der Waals surface area contributed by atoms with Gasteiger partial charge < -0.3 is 14.2 Å². The van der Waals surface area contributed by atoms with Gasteiger partial charge in [0.05, 0.1) is 30.0 Å². The van der Waals surface area contributed by atoms with E-state index >= 15 is 0 Å². The third-order valence-electron chi connectivity index (χ3n) is 4.58. The zero-order chi connectivity index (χ0) is 24.5. The number of hydrogen-bond donors (Lipinski definition) is 1. The van der Waals surface area contributed by atoms with Gasteiger partial charge in [0, 0.05) is 10.6 Å². The molecule has 0 heterocycles. The topological polar surface area (TPSA) is 69.2 Å².